The van der Waals surface area contributed by atoms with Gasteiger partial charge in [0.25, 0.3) is 0 Å². The topological polar surface area (TPSA) is 89.8 Å². The van der Waals surface area contributed by atoms with Crippen LogP contribution >= 0.6 is 0 Å². The van der Waals surface area contributed by atoms with Crippen molar-refractivity contribution in [2.24, 2.45) is 0 Å². The number of aliphatic hydroxyl groups is 3. The maximum atomic E-state index is 12.4. The van der Waals surface area contributed by atoms with Gasteiger partial charge in [0.15, 0.2) is 0 Å². The van der Waals surface area contributed by atoms with Gasteiger partial charge in [-0.25, -0.2) is 0 Å². The van der Waals surface area contributed by atoms with E-state index in [0.717, 1.165) is 51.4 Å². The maximum absolute atomic E-state index is 12.4. The second-order valence-electron chi connectivity index (χ2n) is 15.3. The fourth-order valence-electron chi connectivity index (χ4n) is 6.84. The summed E-state index contributed by atoms with van der Waals surface area (Å²) < 4.78 is 0. The first kappa shape index (κ1) is 48.8. The summed E-state index contributed by atoms with van der Waals surface area (Å²) in [6.45, 7) is 4.16. The minimum atomic E-state index is -1.14. The van der Waals surface area contributed by atoms with Crippen molar-refractivity contribution in [3.63, 3.8) is 0 Å². The second kappa shape index (κ2) is 40.6. The molecule has 0 bridgehead atoms. The van der Waals surface area contributed by atoms with Crippen LogP contribution in [-0.4, -0.2) is 46.1 Å². The number of amides is 1. The molecule has 0 aliphatic rings. The largest absolute Gasteiger partial charge is 0.394 e. The van der Waals surface area contributed by atoms with Gasteiger partial charge >= 0.3 is 0 Å². The lowest BCUT2D eigenvalue weighted by Gasteiger charge is -2.26. The van der Waals surface area contributed by atoms with E-state index in [0.29, 0.717) is 12.8 Å². The van der Waals surface area contributed by atoms with E-state index in [2.05, 4.69) is 43.5 Å². The SMILES string of the molecule is CCCCC/C=C\C/C=C\CCCCCCCCCC(=O)NC(CO)C(O)C(O)CCCCCCCCCCCCCCCCCCCCC. The lowest BCUT2D eigenvalue weighted by atomic mass is 9.99. The van der Waals surface area contributed by atoms with Crippen LogP contribution in [0.4, 0.5) is 0 Å². The van der Waals surface area contributed by atoms with Crippen molar-refractivity contribution >= 4 is 5.91 Å². The predicted octanol–water partition coefficient (Wildman–Crippen LogP) is 12.6. The Bertz CT molecular complexity index is 739. The van der Waals surface area contributed by atoms with Gasteiger partial charge in [-0.05, 0) is 44.9 Å². The number of hydrogen-bond donors (Lipinski definition) is 4. The Kier molecular flexibility index (Phi) is 39.6. The second-order valence-corrected chi connectivity index (χ2v) is 15.3. The van der Waals surface area contributed by atoms with Crippen molar-refractivity contribution in [1.82, 2.24) is 5.32 Å². The number of rotatable bonds is 40. The lowest BCUT2D eigenvalue weighted by Crippen LogP contribution is -2.50. The standard InChI is InChI=1S/C45H87NO4/c1-3-5-7-9-11-13-15-17-19-21-22-24-25-27-29-31-33-35-37-39-43(48)45(50)42(41-47)46-44(49)40-38-36-34-32-30-28-26-23-20-18-16-14-12-10-8-6-4-2/h12,14,18,20,42-43,45,47-48,50H,3-11,13,15-17,19,21-41H2,1-2H3,(H,46,49)/b14-12-,20-18-. The van der Waals surface area contributed by atoms with Gasteiger partial charge in [-0.3, -0.25) is 4.79 Å². The molecular weight excluding hydrogens is 618 g/mol. The highest BCUT2D eigenvalue weighted by molar-refractivity contribution is 5.76. The zero-order valence-electron chi connectivity index (χ0n) is 33.5. The molecule has 3 atom stereocenters. The van der Waals surface area contributed by atoms with Crippen LogP contribution in [-0.2, 0) is 4.79 Å². The lowest BCUT2D eigenvalue weighted by molar-refractivity contribution is -0.124. The molecule has 5 heteroatoms. The van der Waals surface area contributed by atoms with Crippen molar-refractivity contribution in [2.75, 3.05) is 6.61 Å². The van der Waals surface area contributed by atoms with Crippen molar-refractivity contribution in [2.45, 2.75) is 250 Å². The van der Waals surface area contributed by atoms with Crippen molar-refractivity contribution in [3.8, 4) is 0 Å². The van der Waals surface area contributed by atoms with Crippen LogP contribution in [0.25, 0.3) is 0 Å². The van der Waals surface area contributed by atoms with E-state index in [1.165, 1.54) is 154 Å². The molecule has 296 valence electrons. The molecular formula is C45H87NO4. The van der Waals surface area contributed by atoms with Gasteiger partial charge in [0.1, 0.15) is 6.10 Å². The molecule has 3 unspecified atom stereocenters. The van der Waals surface area contributed by atoms with Crippen LogP contribution in [0, 0.1) is 0 Å². The summed E-state index contributed by atoms with van der Waals surface area (Å²) in [4.78, 5) is 12.4. The summed E-state index contributed by atoms with van der Waals surface area (Å²) >= 11 is 0. The molecule has 4 N–H and O–H groups in total. The normalized spacial score (nSPS) is 13.8. The number of hydrogen-bond acceptors (Lipinski definition) is 4. The Morgan fingerprint density at radius 2 is 0.860 bits per heavy atom. The summed E-state index contributed by atoms with van der Waals surface area (Å²) in [6.07, 6.45) is 48.5. The van der Waals surface area contributed by atoms with E-state index >= 15 is 0 Å². The molecule has 0 rings (SSSR count). The third-order valence-corrected chi connectivity index (χ3v) is 10.3. The van der Waals surface area contributed by atoms with Gasteiger partial charge in [-0.2, -0.15) is 0 Å². The highest BCUT2D eigenvalue weighted by Gasteiger charge is 2.26. The number of allylic oxidation sites excluding steroid dienone is 4. The number of carbonyl (C=O) groups is 1. The van der Waals surface area contributed by atoms with E-state index in [9.17, 15) is 20.1 Å². The zero-order chi connectivity index (χ0) is 36.6. The Morgan fingerprint density at radius 3 is 1.30 bits per heavy atom. The van der Waals surface area contributed by atoms with Crippen LogP contribution in [0.1, 0.15) is 232 Å². The van der Waals surface area contributed by atoms with Crippen LogP contribution < -0.4 is 5.32 Å². The van der Waals surface area contributed by atoms with E-state index < -0.39 is 18.2 Å². The Morgan fingerprint density at radius 1 is 0.500 bits per heavy atom. The smallest absolute Gasteiger partial charge is 0.220 e. The van der Waals surface area contributed by atoms with Crippen molar-refractivity contribution < 1.29 is 20.1 Å². The summed E-state index contributed by atoms with van der Waals surface area (Å²) in [5.41, 5.74) is 0. The van der Waals surface area contributed by atoms with Crippen LogP contribution in [0.2, 0.25) is 0 Å². The van der Waals surface area contributed by atoms with Crippen LogP contribution in [0.3, 0.4) is 0 Å². The van der Waals surface area contributed by atoms with E-state index in [1.807, 2.05) is 0 Å². The number of aliphatic hydroxyl groups excluding tert-OH is 3. The minimum absolute atomic E-state index is 0.151. The molecule has 0 aromatic rings. The third kappa shape index (κ3) is 35.2. The maximum Gasteiger partial charge on any atom is 0.220 e. The van der Waals surface area contributed by atoms with Gasteiger partial charge < -0.3 is 20.6 Å². The minimum Gasteiger partial charge on any atom is -0.394 e. The van der Waals surface area contributed by atoms with Crippen molar-refractivity contribution in [3.05, 3.63) is 24.3 Å². The average Bonchev–Trinajstić information content (AvgIpc) is 3.12. The molecule has 50 heavy (non-hydrogen) atoms. The Hall–Kier alpha value is -1.17. The number of unbranched alkanes of at least 4 members (excludes halogenated alkanes) is 28. The molecule has 5 nitrogen and oxygen atoms in total. The van der Waals surface area contributed by atoms with Gasteiger partial charge in [0.05, 0.1) is 18.8 Å². The first-order valence-electron chi connectivity index (χ1n) is 22.1. The molecule has 1 amide bonds. The predicted molar refractivity (Wildman–Crippen MR) is 218 cm³/mol. The first-order chi connectivity index (χ1) is 24.6. The molecule has 0 radical (unpaired) electrons. The highest BCUT2D eigenvalue weighted by Crippen LogP contribution is 2.16. The summed E-state index contributed by atoms with van der Waals surface area (Å²) in [5, 5.41) is 33.6. The molecule has 0 aromatic heterocycles. The molecule has 0 aliphatic carbocycles. The molecule has 0 heterocycles. The molecule has 0 aliphatic heterocycles. The Balaban J connectivity index is 3.63. The molecule has 0 saturated carbocycles. The number of nitrogens with one attached hydrogen (secondary N) is 1. The first-order valence-corrected chi connectivity index (χ1v) is 22.1. The zero-order valence-corrected chi connectivity index (χ0v) is 33.5. The molecule has 0 spiro atoms. The van der Waals surface area contributed by atoms with E-state index in [1.54, 1.807) is 0 Å². The average molecular weight is 706 g/mol. The fraction of sp³-hybridized carbons (Fsp3) is 0.889. The van der Waals surface area contributed by atoms with Gasteiger partial charge in [-0.15, -0.1) is 0 Å². The summed E-state index contributed by atoms with van der Waals surface area (Å²) in [5.74, 6) is -0.151. The summed E-state index contributed by atoms with van der Waals surface area (Å²) in [6, 6.07) is -0.811. The van der Waals surface area contributed by atoms with E-state index in [-0.39, 0.29) is 12.5 Å². The van der Waals surface area contributed by atoms with Gasteiger partial charge in [0.2, 0.25) is 5.91 Å². The number of carbonyl (C=O) groups excluding carboxylic acids is 1. The molecule has 0 saturated heterocycles. The van der Waals surface area contributed by atoms with Gasteiger partial charge in [-0.1, -0.05) is 205 Å². The van der Waals surface area contributed by atoms with Gasteiger partial charge in [0, 0.05) is 6.42 Å². The monoisotopic (exact) mass is 706 g/mol. The van der Waals surface area contributed by atoms with Crippen molar-refractivity contribution in [1.29, 1.82) is 0 Å². The fourth-order valence-corrected chi connectivity index (χ4v) is 6.84. The van der Waals surface area contributed by atoms with Crippen LogP contribution in [0.15, 0.2) is 24.3 Å². The summed E-state index contributed by atoms with van der Waals surface area (Å²) in [7, 11) is 0. The quantitative estimate of drug-likeness (QED) is 0.0377. The Labute approximate surface area is 312 Å². The molecule has 0 aromatic carbocycles. The van der Waals surface area contributed by atoms with Crippen LogP contribution in [0.5, 0.6) is 0 Å². The molecule has 0 fully saturated rings. The van der Waals surface area contributed by atoms with E-state index in [4.69, 9.17) is 0 Å². The third-order valence-electron chi connectivity index (χ3n) is 10.3. The highest BCUT2D eigenvalue weighted by atomic mass is 16.3.